The highest BCUT2D eigenvalue weighted by atomic mass is 16.5. The molecule has 0 N–H and O–H groups in total. The average Bonchev–Trinajstić information content (AvgIpc) is 2.48. The van der Waals surface area contributed by atoms with Crippen molar-refractivity contribution in [3.8, 4) is 0 Å². The van der Waals surface area contributed by atoms with Crippen molar-refractivity contribution in [2.45, 2.75) is 32.2 Å². The van der Waals surface area contributed by atoms with E-state index in [-0.39, 0.29) is 0 Å². The summed E-state index contributed by atoms with van der Waals surface area (Å²) in [5, 5.41) is 0. The number of likely N-dealkylation sites (tertiary alicyclic amines) is 1. The minimum absolute atomic E-state index is 0.550. The van der Waals surface area contributed by atoms with Crippen molar-refractivity contribution in [2.24, 2.45) is 0 Å². The first kappa shape index (κ1) is 13.8. The Hall–Kier alpha value is -1.13. The van der Waals surface area contributed by atoms with Gasteiger partial charge < -0.3 is 9.64 Å². The molecular weight excluding hydrogens is 250 g/mol. The summed E-state index contributed by atoms with van der Waals surface area (Å²) >= 11 is 0. The Morgan fingerprint density at radius 3 is 2.70 bits per heavy atom. The number of aromatic nitrogens is 1. The number of ether oxygens (including phenoxy) is 1. The number of hydrogen-bond donors (Lipinski definition) is 0. The second-order valence-electron chi connectivity index (χ2n) is 6.00. The minimum atomic E-state index is 0.550. The zero-order valence-electron chi connectivity index (χ0n) is 12.6. The second kappa shape index (κ2) is 6.10. The first-order valence-electron chi connectivity index (χ1n) is 7.75. The standard InChI is InChI=1S/C16H25N3O/c1-13-11-14(15-5-3-4-6-18(15)2)12-17-16(13)19-7-9-20-10-8-19/h11-12,15H,3-10H2,1-2H3. The van der Waals surface area contributed by atoms with Gasteiger partial charge in [0.25, 0.3) is 0 Å². The Bertz CT molecular complexity index is 457. The van der Waals surface area contributed by atoms with Gasteiger partial charge in [0.1, 0.15) is 5.82 Å². The van der Waals surface area contributed by atoms with E-state index in [1.807, 2.05) is 0 Å². The van der Waals surface area contributed by atoms with Crippen LogP contribution in [-0.2, 0) is 4.74 Å². The van der Waals surface area contributed by atoms with Gasteiger partial charge in [0.05, 0.1) is 13.2 Å². The highest BCUT2D eigenvalue weighted by Gasteiger charge is 2.22. The Balaban J connectivity index is 1.79. The summed E-state index contributed by atoms with van der Waals surface area (Å²) in [4.78, 5) is 9.56. The van der Waals surface area contributed by atoms with Crippen LogP contribution in [0.2, 0.25) is 0 Å². The molecule has 3 rings (SSSR count). The lowest BCUT2D eigenvalue weighted by molar-refractivity contribution is 0.122. The molecule has 1 unspecified atom stereocenters. The fourth-order valence-corrected chi connectivity index (χ4v) is 3.37. The quantitative estimate of drug-likeness (QED) is 0.828. The van der Waals surface area contributed by atoms with E-state index in [9.17, 15) is 0 Å². The SMILES string of the molecule is Cc1cc(C2CCCCN2C)cnc1N1CCOCC1. The molecule has 3 heterocycles. The molecule has 0 amide bonds. The Morgan fingerprint density at radius 1 is 1.20 bits per heavy atom. The lowest BCUT2D eigenvalue weighted by atomic mass is 9.96. The summed E-state index contributed by atoms with van der Waals surface area (Å²) < 4.78 is 5.42. The molecule has 0 aromatic carbocycles. The average molecular weight is 275 g/mol. The molecule has 4 heteroatoms. The third-order valence-corrected chi connectivity index (χ3v) is 4.54. The van der Waals surface area contributed by atoms with Gasteiger partial charge in [-0.05, 0) is 50.6 Å². The maximum atomic E-state index is 5.42. The van der Waals surface area contributed by atoms with E-state index in [1.165, 1.54) is 36.9 Å². The van der Waals surface area contributed by atoms with Gasteiger partial charge in [-0.1, -0.05) is 6.42 Å². The van der Waals surface area contributed by atoms with Crippen molar-refractivity contribution in [1.29, 1.82) is 0 Å². The molecule has 2 saturated heterocycles. The van der Waals surface area contributed by atoms with Crippen LogP contribution < -0.4 is 4.90 Å². The molecule has 0 spiro atoms. The van der Waals surface area contributed by atoms with E-state index in [4.69, 9.17) is 9.72 Å². The first-order valence-corrected chi connectivity index (χ1v) is 7.75. The molecule has 2 aliphatic rings. The Kier molecular flexibility index (Phi) is 4.22. The van der Waals surface area contributed by atoms with Gasteiger partial charge in [-0.2, -0.15) is 0 Å². The Morgan fingerprint density at radius 2 is 2.00 bits per heavy atom. The molecule has 20 heavy (non-hydrogen) atoms. The number of morpholine rings is 1. The summed E-state index contributed by atoms with van der Waals surface area (Å²) in [5.41, 5.74) is 2.67. The van der Waals surface area contributed by atoms with Crippen molar-refractivity contribution in [3.05, 3.63) is 23.4 Å². The van der Waals surface area contributed by atoms with Crippen molar-refractivity contribution in [2.75, 3.05) is 44.8 Å². The molecule has 0 aliphatic carbocycles. The van der Waals surface area contributed by atoms with Crippen LogP contribution in [0, 0.1) is 6.92 Å². The summed E-state index contributed by atoms with van der Waals surface area (Å²) in [6, 6.07) is 2.89. The second-order valence-corrected chi connectivity index (χ2v) is 6.00. The van der Waals surface area contributed by atoms with Crippen LogP contribution in [0.3, 0.4) is 0 Å². The molecule has 0 bridgehead atoms. The number of nitrogens with zero attached hydrogens (tertiary/aromatic N) is 3. The lowest BCUT2D eigenvalue weighted by Gasteiger charge is -2.34. The van der Waals surface area contributed by atoms with Gasteiger partial charge in [0.2, 0.25) is 0 Å². The van der Waals surface area contributed by atoms with Crippen LogP contribution in [0.15, 0.2) is 12.3 Å². The van der Waals surface area contributed by atoms with Gasteiger partial charge in [0, 0.05) is 25.3 Å². The van der Waals surface area contributed by atoms with E-state index in [0.717, 1.165) is 32.1 Å². The van der Waals surface area contributed by atoms with Gasteiger partial charge >= 0.3 is 0 Å². The number of aryl methyl sites for hydroxylation is 1. The van der Waals surface area contributed by atoms with Crippen LogP contribution in [0.4, 0.5) is 5.82 Å². The molecule has 0 radical (unpaired) electrons. The minimum Gasteiger partial charge on any atom is -0.378 e. The lowest BCUT2D eigenvalue weighted by Crippen LogP contribution is -2.37. The molecule has 4 nitrogen and oxygen atoms in total. The van der Waals surface area contributed by atoms with Crippen molar-refractivity contribution in [1.82, 2.24) is 9.88 Å². The zero-order valence-corrected chi connectivity index (χ0v) is 12.6. The molecular formula is C16H25N3O. The van der Waals surface area contributed by atoms with Crippen LogP contribution >= 0.6 is 0 Å². The molecule has 1 aromatic rings. The first-order chi connectivity index (χ1) is 9.75. The number of piperidine rings is 1. The maximum Gasteiger partial charge on any atom is 0.131 e. The van der Waals surface area contributed by atoms with E-state index in [2.05, 4.69) is 36.0 Å². The summed E-state index contributed by atoms with van der Waals surface area (Å²) in [5.74, 6) is 1.13. The molecule has 1 aromatic heterocycles. The van der Waals surface area contributed by atoms with Gasteiger partial charge in [-0.15, -0.1) is 0 Å². The third-order valence-electron chi connectivity index (χ3n) is 4.54. The monoisotopic (exact) mass is 275 g/mol. The van der Waals surface area contributed by atoms with Gasteiger partial charge in [-0.3, -0.25) is 4.90 Å². The zero-order chi connectivity index (χ0) is 13.9. The van der Waals surface area contributed by atoms with E-state index in [0.29, 0.717) is 6.04 Å². The normalized spacial score (nSPS) is 24.9. The largest absolute Gasteiger partial charge is 0.378 e. The third kappa shape index (κ3) is 2.81. The fourth-order valence-electron chi connectivity index (χ4n) is 3.37. The van der Waals surface area contributed by atoms with E-state index in [1.54, 1.807) is 0 Å². The molecule has 0 saturated carbocycles. The van der Waals surface area contributed by atoms with E-state index < -0.39 is 0 Å². The topological polar surface area (TPSA) is 28.6 Å². The molecule has 1 atom stereocenters. The summed E-state index contributed by atoms with van der Waals surface area (Å²) in [6.45, 7) is 6.93. The summed E-state index contributed by atoms with van der Waals surface area (Å²) in [6.07, 6.45) is 6.00. The van der Waals surface area contributed by atoms with Crippen molar-refractivity contribution < 1.29 is 4.74 Å². The van der Waals surface area contributed by atoms with Crippen molar-refractivity contribution in [3.63, 3.8) is 0 Å². The highest BCUT2D eigenvalue weighted by Crippen LogP contribution is 2.31. The van der Waals surface area contributed by atoms with Crippen LogP contribution in [0.25, 0.3) is 0 Å². The fraction of sp³-hybridized carbons (Fsp3) is 0.688. The smallest absolute Gasteiger partial charge is 0.131 e. The summed E-state index contributed by atoms with van der Waals surface area (Å²) in [7, 11) is 2.23. The van der Waals surface area contributed by atoms with Crippen LogP contribution in [0.5, 0.6) is 0 Å². The molecule has 2 fully saturated rings. The van der Waals surface area contributed by atoms with Crippen LogP contribution in [-0.4, -0.2) is 49.8 Å². The highest BCUT2D eigenvalue weighted by molar-refractivity contribution is 5.48. The number of anilines is 1. The van der Waals surface area contributed by atoms with Crippen molar-refractivity contribution >= 4 is 5.82 Å². The number of hydrogen-bond acceptors (Lipinski definition) is 4. The molecule has 2 aliphatic heterocycles. The Labute approximate surface area is 121 Å². The van der Waals surface area contributed by atoms with Crippen LogP contribution in [0.1, 0.15) is 36.4 Å². The number of pyridine rings is 1. The van der Waals surface area contributed by atoms with Gasteiger partial charge in [-0.25, -0.2) is 4.98 Å². The maximum absolute atomic E-state index is 5.42. The number of rotatable bonds is 2. The van der Waals surface area contributed by atoms with Gasteiger partial charge in [0.15, 0.2) is 0 Å². The van der Waals surface area contributed by atoms with E-state index >= 15 is 0 Å². The molecule has 110 valence electrons. The predicted octanol–water partition coefficient (Wildman–Crippen LogP) is 2.38. The predicted molar refractivity (Wildman–Crippen MR) is 81.2 cm³/mol.